The number of hydrogen-bond donors (Lipinski definition) is 0. The molecule has 3 aliphatic rings. The normalized spacial score (nSPS) is 30.1. The molecule has 31 heavy (non-hydrogen) atoms. The van der Waals surface area contributed by atoms with E-state index in [1.54, 1.807) is 7.11 Å². The number of carbonyl (C=O) groups is 1. The first-order valence-electron chi connectivity index (χ1n) is 12.5. The average Bonchev–Trinajstić information content (AvgIpc) is 2.81. The van der Waals surface area contributed by atoms with Crippen molar-refractivity contribution in [2.45, 2.75) is 96.0 Å². The smallest absolute Gasteiger partial charge is 0.309 e. The van der Waals surface area contributed by atoms with Crippen molar-refractivity contribution >= 4 is 5.97 Å². The largest absolute Gasteiger partial charge is 0.496 e. The van der Waals surface area contributed by atoms with Crippen LogP contribution in [0.15, 0.2) is 30.4 Å². The van der Waals surface area contributed by atoms with Crippen molar-refractivity contribution in [2.24, 2.45) is 17.8 Å². The summed E-state index contributed by atoms with van der Waals surface area (Å²) >= 11 is 0. The van der Waals surface area contributed by atoms with Crippen molar-refractivity contribution in [1.82, 2.24) is 0 Å². The summed E-state index contributed by atoms with van der Waals surface area (Å²) in [7, 11) is 1.77. The highest BCUT2D eigenvalue weighted by molar-refractivity contribution is 5.72. The Morgan fingerprint density at radius 1 is 0.903 bits per heavy atom. The van der Waals surface area contributed by atoms with E-state index >= 15 is 0 Å². The van der Waals surface area contributed by atoms with E-state index in [0.29, 0.717) is 5.92 Å². The monoisotopic (exact) mass is 424 g/mol. The van der Waals surface area contributed by atoms with Crippen LogP contribution in [0.25, 0.3) is 0 Å². The molecule has 0 spiro atoms. The molecule has 3 fully saturated rings. The number of rotatable bonds is 5. The molecule has 1 aromatic carbocycles. The molecule has 4 rings (SSSR count). The standard InChI is InChI=1S/C28H40O3/c1-19-4-16-26(17-5-19)31-28(29)24-14-12-22(13-15-24)21-8-10-23(11-9-21)25-7-6-20(2)27(18-25)30-3/h6-7,18,21-24,26H,1,4-5,8-17H2,2-3H3. The van der Waals surface area contributed by atoms with Gasteiger partial charge < -0.3 is 9.47 Å². The van der Waals surface area contributed by atoms with E-state index in [-0.39, 0.29) is 18.0 Å². The molecule has 0 aromatic heterocycles. The first-order valence-corrected chi connectivity index (χ1v) is 12.5. The number of aryl methyl sites for hydroxylation is 1. The highest BCUT2D eigenvalue weighted by Gasteiger charge is 2.34. The van der Waals surface area contributed by atoms with Crippen LogP contribution in [-0.4, -0.2) is 19.2 Å². The van der Waals surface area contributed by atoms with Gasteiger partial charge in [-0.2, -0.15) is 0 Å². The summed E-state index contributed by atoms with van der Waals surface area (Å²) < 4.78 is 11.4. The van der Waals surface area contributed by atoms with Crippen molar-refractivity contribution in [3.8, 4) is 5.75 Å². The Morgan fingerprint density at radius 3 is 2.13 bits per heavy atom. The molecule has 3 heteroatoms. The second kappa shape index (κ2) is 10.2. The molecule has 0 unspecified atom stereocenters. The summed E-state index contributed by atoms with van der Waals surface area (Å²) in [5.41, 5.74) is 3.96. The number of allylic oxidation sites excluding steroid dienone is 1. The van der Waals surface area contributed by atoms with Gasteiger partial charge in [-0.3, -0.25) is 4.79 Å². The molecular formula is C28H40O3. The highest BCUT2D eigenvalue weighted by Crippen LogP contribution is 2.44. The minimum absolute atomic E-state index is 0.0768. The predicted molar refractivity (Wildman–Crippen MR) is 125 cm³/mol. The summed E-state index contributed by atoms with van der Waals surface area (Å²) in [5.74, 6) is 3.54. The van der Waals surface area contributed by atoms with Crippen molar-refractivity contribution in [2.75, 3.05) is 7.11 Å². The maximum atomic E-state index is 12.7. The molecule has 3 aliphatic carbocycles. The number of hydrogen-bond acceptors (Lipinski definition) is 3. The highest BCUT2D eigenvalue weighted by atomic mass is 16.5. The van der Waals surface area contributed by atoms with E-state index in [0.717, 1.165) is 56.1 Å². The molecule has 0 heterocycles. The molecule has 170 valence electrons. The van der Waals surface area contributed by atoms with Crippen LogP contribution in [-0.2, 0) is 9.53 Å². The van der Waals surface area contributed by atoms with Crippen LogP contribution in [0.5, 0.6) is 5.75 Å². The van der Waals surface area contributed by atoms with Gasteiger partial charge in [0, 0.05) is 0 Å². The maximum absolute atomic E-state index is 12.7. The Hall–Kier alpha value is -1.77. The van der Waals surface area contributed by atoms with E-state index in [1.807, 2.05) is 0 Å². The van der Waals surface area contributed by atoms with Gasteiger partial charge in [0.15, 0.2) is 0 Å². The quantitative estimate of drug-likeness (QED) is 0.373. The maximum Gasteiger partial charge on any atom is 0.309 e. The molecule has 0 atom stereocenters. The number of ether oxygens (including phenoxy) is 2. The van der Waals surface area contributed by atoms with Gasteiger partial charge in [0.2, 0.25) is 0 Å². The summed E-state index contributed by atoms with van der Waals surface area (Å²) in [6, 6.07) is 6.74. The minimum atomic E-state index is 0.0768. The third kappa shape index (κ3) is 5.54. The Balaban J connectivity index is 1.21. The lowest BCUT2D eigenvalue weighted by Crippen LogP contribution is -2.31. The zero-order valence-electron chi connectivity index (χ0n) is 19.5. The van der Waals surface area contributed by atoms with Gasteiger partial charge >= 0.3 is 5.97 Å². The lowest BCUT2D eigenvalue weighted by atomic mass is 9.68. The van der Waals surface area contributed by atoms with Gasteiger partial charge in [-0.25, -0.2) is 0 Å². The minimum Gasteiger partial charge on any atom is -0.496 e. The van der Waals surface area contributed by atoms with Crippen LogP contribution < -0.4 is 4.74 Å². The molecule has 0 radical (unpaired) electrons. The van der Waals surface area contributed by atoms with Gasteiger partial charge in [-0.05, 0) is 119 Å². The number of esters is 1. The van der Waals surface area contributed by atoms with E-state index in [9.17, 15) is 4.79 Å². The fourth-order valence-corrected chi connectivity index (χ4v) is 6.22. The Labute approximate surface area is 188 Å². The molecule has 3 saturated carbocycles. The molecular weight excluding hydrogens is 384 g/mol. The number of benzene rings is 1. The summed E-state index contributed by atoms with van der Waals surface area (Å²) in [6.45, 7) is 6.17. The van der Waals surface area contributed by atoms with Crippen molar-refractivity contribution in [1.29, 1.82) is 0 Å². The van der Waals surface area contributed by atoms with Gasteiger partial charge in [-0.15, -0.1) is 0 Å². The summed E-state index contributed by atoms with van der Waals surface area (Å²) in [6.07, 6.45) is 13.8. The average molecular weight is 425 g/mol. The van der Waals surface area contributed by atoms with Gasteiger partial charge in [0.1, 0.15) is 11.9 Å². The van der Waals surface area contributed by atoms with E-state index in [1.165, 1.54) is 55.2 Å². The second-order valence-corrected chi connectivity index (χ2v) is 10.3. The molecule has 0 bridgehead atoms. The SMILES string of the molecule is C=C1CCC(OC(=O)C2CCC(C3CCC(c4ccc(C)c(OC)c4)CC3)CC2)CC1. The molecule has 0 saturated heterocycles. The fraction of sp³-hybridized carbons (Fsp3) is 0.679. The molecule has 0 aliphatic heterocycles. The van der Waals surface area contributed by atoms with E-state index < -0.39 is 0 Å². The molecule has 1 aromatic rings. The van der Waals surface area contributed by atoms with Crippen LogP contribution in [0.2, 0.25) is 0 Å². The number of carbonyl (C=O) groups excluding carboxylic acids is 1. The first-order chi connectivity index (χ1) is 15.0. The predicted octanol–water partition coefficient (Wildman–Crippen LogP) is 7.13. The van der Waals surface area contributed by atoms with Crippen molar-refractivity contribution < 1.29 is 14.3 Å². The third-order valence-corrected chi connectivity index (χ3v) is 8.37. The zero-order chi connectivity index (χ0) is 21.8. The molecule has 0 N–H and O–H groups in total. The van der Waals surface area contributed by atoms with E-state index in [4.69, 9.17) is 9.47 Å². The summed E-state index contributed by atoms with van der Waals surface area (Å²) in [5, 5.41) is 0. The van der Waals surface area contributed by atoms with Crippen LogP contribution in [0.4, 0.5) is 0 Å². The van der Waals surface area contributed by atoms with E-state index in [2.05, 4.69) is 31.7 Å². The lowest BCUT2D eigenvalue weighted by Gasteiger charge is -2.38. The number of methoxy groups -OCH3 is 1. The molecule has 0 amide bonds. The van der Waals surface area contributed by atoms with Crippen molar-refractivity contribution in [3.05, 3.63) is 41.5 Å². The van der Waals surface area contributed by atoms with Crippen LogP contribution >= 0.6 is 0 Å². The topological polar surface area (TPSA) is 35.5 Å². The fourth-order valence-electron chi connectivity index (χ4n) is 6.22. The second-order valence-electron chi connectivity index (χ2n) is 10.3. The lowest BCUT2D eigenvalue weighted by molar-refractivity contribution is -0.156. The Morgan fingerprint density at radius 2 is 1.52 bits per heavy atom. The van der Waals surface area contributed by atoms with Gasteiger partial charge in [-0.1, -0.05) is 24.3 Å². The van der Waals surface area contributed by atoms with Gasteiger partial charge in [0.05, 0.1) is 13.0 Å². The first kappa shape index (κ1) is 22.4. The Kier molecular flexibility index (Phi) is 7.40. The zero-order valence-corrected chi connectivity index (χ0v) is 19.5. The summed E-state index contributed by atoms with van der Waals surface area (Å²) in [4.78, 5) is 12.7. The van der Waals surface area contributed by atoms with Crippen molar-refractivity contribution in [3.63, 3.8) is 0 Å². The van der Waals surface area contributed by atoms with Crippen LogP contribution in [0.3, 0.4) is 0 Å². The van der Waals surface area contributed by atoms with Gasteiger partial charge in [0.25, 0.3) is 0 Å². The van der Waals surface area contributed by atoms with Crippen LogP contribution in [0.1, 0.15) is 94.1 Å². The molecule has 3 nitrogen and oxygen atoms in total. The van der Waals surface area contributed by atoms with Crippen LogP contribution in [0, 0.1) is 24.7 Å². The Bertz CT molecular complexity index is 756. The third-order valence-electron chi connectivity index (χ3n) is 8.37.